The molecular weight excluding hydrogens is 498 g/mol. The Morgan fingerprint density at radius 3 is 2.43 bits per heavy atom. The summed E-state index contributed by atoms with van der Waals surface area (Å²) >= 11 is 3.50. The fourth-order valence-electron chi connectivity index (χ4n) is 4.36. The van der Waals surface area contributed by atoms with Crippen LogP contribution in [0.1, 0.15) is 19.3 Å². The lowest BCUT2D eigenvalue weighted by molar-refractivity contribution is 0.183. The topological polar surface area (TPSA) is 41.9 Å². The maximum absolute atomic E-state index is 9.96. The SMILES string of the molecule is CSc1ccc(-c2ccc3cc(O)ccc3c2Oc2ccc(OCCN3CCCCC3)cc2)s1.Cl. The predicted octanol–water partition coefficient (Wildman–Crippen LogP) is 8.07. The molecule has 1 saturated heterocycles. The molecule has 1 aliphatic rings. The van der Waals surface area contributed by atoms with E-state index < -0.39 is 0 Å². The normalized spacial score (nSPS) is 14.0. The second-order valence-corrected chi connectivity index (χ2v) is 10.7. The number of nitrogens with zero attached hydrogens (tertiary/aromatic N) is 1. The number of ether oxygens (including phenoxy) is 2. The molecule has 184 valence electrons. The number of fused-ring (bicyclic) bond motifs is 1. The Labute approximate surface area is 221 Å². The molecule has 4 aromatic rings. The van der Waals surface area contributed by atoms with Crippen LogP contribution in [-0.4, -0.2) is 42.5 Å². The Balaban J connectivity index is 0.00000289. The molecule has 4 nitrogen and oxygen atoms in total. The number of aromatic hydroxyl groups is 1. The molecule has 0 saturated carbocycles. The highest BCUT2D eigenvalue weighted by atomic mass is 35.5. The van der Waals surface area contributed by atoms with Crippen molar-refractivity contribution in [3.8, 4) is 33.4 Å². The van der Waals surface area contributed by atoms with Crippen molar-refractivity contribution in [3.05, 3.63) is 66.7 Å². The fourth-order valence-corrected chi connectivity index (χ4v) is 5.93. The highest BCUT2D eigenvalue weighted by molar-refractivity contribution is 8.00. The van der Waals surface area contributed by atoms with Gasteiger partial charge in [-0.05, 0) is 98.2 Å². The van der Waals surface area contributed by atoms with Crippen LogP contribution in [0.25, 0.3) is 21.2 Å². The van der Waals surface area contributed by atoms with E-state index in [0.717, 1.165) is 45.0 Å². The van der Waals surface area contributed by atoms with Crippen molar-refractivity contribution in [2.45, 2.75) is 23.5 Å². The van der Waals surface area contributed by atoms with E-state index >= 15 is 0 Å². The average molecular weight is 528 g/mol. The van der Waals surface area contributed by atoms with Crippen molar-refractivity contribution in [1.82, 2.24) is 4.90 Å². The van der Waals surface area contributed by atoms with Gasteiger partial charge < -0.3 is 14.6 Å². The van der Waals surface area contributed by atoms with Crippen LogP contribution in [0.3, 0.4) is 0 Å². The molecule has 0 amide bonds. The quantitative estimate of drug-likeness (QED) is 0.234. The van der Waals surface area contributed by atoms with Crippen LogP contribution in [0.4, 0.5) is 0 Å². The molecule has 1 aromatic heterocycles. The van der Waals surface area contributed by atoms with Gasteiger partial charge in [-0.25, -0.2) is 0 Å². The minimum Gasteiger partial charge on any atom is -0.508 e. The van der Waals surface area contributed by atoms with E-state index in [9.17, 15) is 5.11 Å². The van der Waals surface area contributed by atoms with E-state index in [0.29, 0.717) is 6.61 Å². The Morgan fingerprint density at radius 1 is 0.914 bits per heavy atom. The van der Waals surface area contributed by atoms with Gasteiger partial charge in [0.2, 0.25) is 0 Å². The van der Waals surface area contributed by atoms with Crippen molar-refractivity contribution in [2.24, 2.45) is 0 Å². The van der Waals surface area contributed by atoms with E-state index in [1.165, 1.54) is 36.6 Å². The molecule has 1 N–H and O–H groups in total. The Kier molecular flexibility index (Phi) is 8.84. The van der Waals surface area contributed by atoms with Crippen LogP contribution in [0, 0.1) is 0 Å². The first kappa shape index (κ1) is 25.7. The van der Waals surface area contributed by atoms with Gasteiger partial charge in [0.05, 0.1) is 4.21 Å². The van der Waals surface area contributed by atoms with Crippen molar-refractivity contribution in [1.29, 1.82) is 0 Å². The van der Waals surface area contributed by atoms with Crippen LogP contribution in [0.2, 0.25) is 0 Å². The minimum absolute atomic E-state index is 0. The van der Waals surface area contributed by atoms with Gasteiger partial charge in [0.15, 0.2) is 0 Å². The second-order valence-electron chi connectivity index (χ2n) is 8.49. The molecule has 1 fully saturated rings. The first-order valence-electron chi connectivity index (χ1n) is 11.7. The molecule has 5 rings (SSSR count). The Morgan fingerprint density at radius 2 is 1.69 bits per heavy atom. The molecular formula is C28H30ClNO3S2. The molecule has 0 radical (unpaired) electrons. The summed E-state index contributed by atoms with van der Waals surface area (Å²) in [7, 11) is 0. The highest BCUT2D eigenvalue weighted by Crippen LogP contribution is 2.44. The third-order valence-electron chi connectivity index (χ3n) is 6.17. The summed E-state index contributed by atoms with van der Waals surface area (Å²) in [6.45, 7) is 4.05. The summed E-state index contributed by atoms with van der Waals surface area (Å²) in [5.41, 5.74) is 1.05. The molecule has 7 heteroatoms. The number of hydrogen-bond acceptors (Lipinski definition) is 6. The number of hydrogen-bond donors (Lipinski definition) is 1. The maximum atomic E-state index is 9.96. The molecule has 1 aliphatic heterocycles. The van der Waals surface area contributed by atoms with Crippen molar-refractivity contribution in [2.75, 3.05) is 32.5 Å². The van der Waals surface area contributed by atoms with Gasteiger partial charge in [0.25, 0.3) is 0 Å². The van der Waals surface area contributed by atoms with Gasteiger partial charge in [-0.3, -0.25) is 4.90 Å². The fraction of sp³-hybridized carbons (Fsp3) is 0.286. The minimum atomic E-state index is 0. The van der Waals surface area contributed by atoms with Crippen molar-refractivity contribution in [3.63, 3.8) is 0 Å². The summed E-state index contributed by atoms with van der Waals surface area (Å²) in [6.07, 6.45) is 6.04. The molecule has 0 bridgehead atoms. The van der Waals surface area contributed by atoms with Crippen LogP contribution in [0.15, 0.2) is 70.9 Å². The van der Waals surface area contributed by atoms with Crippen LogP contribution >= 0.6 is 35.5 Å². The molecule has 0 aliphatic carbocycles. The number of thioether (sulfide) groups is 1. The molecule has 0 unspecified atom stereocenters. The monoisotopic (exact) mass is 527 g/mol. The first-order valence-corrected chi connectivity index (χ1v) is 13.8. The lowest BCUT2D eigenvalue weighted by atomic mass is 10.0. The maximum Gasteiger partial charge on any atom is 0.143 e. The highest BCUT2D eigenvalue weighted by Gasteiger charge is 2.15. The second kappa shape index (κ2) is 12.0. The smallest absolute Gasteiger partial charge is 0.143 e. The first-order chi connectivity index (χ1) is 16.7. The summed E-state index contributed by atoms with van der Waals surface area (Å²) in [6, 6.07) is 21.7. The molecule has 35 heavy (non-hydrogen) atoms. The zero-order valence-corrected chi connectivity index (χ0v) is 22.2. The van der Waals surface area contributed by atoms with E-state index in [4.69, 9.17) is 9.47 Å². The van der Waals surface area contributed by atoms with Crippen molar-refractivity contribution >= 4 is 46.3 Å². The number of benzene rings is 3. The zero-order chi connectivity index (χ0) is 23.3. The number of phenols is 1. The lowest BCUT2D eigenvalue weighted by Crippen LogP contribution is -2.33. The predicted molar refractivity (Wildman–Crippen MR) is 150 cm³/mol. The summed E-state index contributed by atoms with van der Waals surface area (Å²) in [4.78, 5) is 3.64. The molecule has 0 spiro atoms. The van der Waals surface area contributed by atoms with Gasteiger partial charge in [-0.2, -0.15) is 0 Å². The number of piperidine rings is 1. The van der Waals surface area contributed by atoms with Crippen LogP contribution < -0.4 is 9.47 Å². The van der Waals surface area contributed by atoms with Crippen LogP contribution in [-0.2, 0) is 0 Å². The van der Waals surface area contributed by atoms with E-state index in [-0.39, 0.29) is 18.2 Å². The van der Waals surface area contributed by atoms with Gasteiger partial charge in [0, 0.05) is 22.4 Å². The molecule has 3 aromatic carbocycles. The van der Waals surface area contributed by atoms with Gasteiger partial charge in [0.1, 0.15) is 29.6 Å². The van der Waals surface area contributed by atoms with Crippen LogP contribution in [0.5, 0.6) is 23.0 Å². The summed E-state index contributed by atoms with van der Waals surface area (Å²) in [5, 5.41) is 11.9. The third-order valence-corrected chi connectivity index (χ3v) is 8.37. The largest absolute Gasteiger partial charge is 0.508 e. The Bertz CT molecular complexity index is 1250. The standard InChI is InChI=1S/C28H29NO3S2.ClH/c1-33-27-14-13-26(34-27)25-11-5-20-19-21(30)6-12-24(20)28(25)32-23-9-7-22(8-10-23)31-18-17-29-15-3-2-4-16-29;/h5-14,19,30H,2-4,15-18H2,1H3;1H. The summed E-state index contributed by atoms with van der Waals surface area (Å²) in [5.74, 6) is 2.66. The van der Waals surface area contributed by atoms with Gasteiger partial charge >= 0.3 is 0 Å². The average Bonchev–Trinajstić information content (AvgIpc) is 3.35. The molecule has 0 atom stereocenters. The van der Waals surface area contributed by atoms with E-state index in [1.54, 1.807) is 35.2 Å². The number of phenolic OH excluding ortho intramolecular Hbond substituents is 1. The number of likely N-dealkylation sites (tertiary alicyclic amines) is 1. The number of halogens is 1. The molecule has 2 heterocycles. The zero-order valence-electron chi connectivity index (χ0n) is 19.7. The van der Waals surface area contributed by atoms with Gasteiger partial charge in [-0.1, -0.05) is 12.5 Å². The van der Waals surface area contributed by atoms with Gasteiger partial charge in [-0.15, -0.1) is 35.5 Å². The number of thiophene rings is 1. The Hall–Kier alpha value is -2.38. The van der Waals surface area contributed by atoms with Crippen molar-refractivity contribution < 1.29 is 14.6 Å². The third kappa shape index (κ3) is 6.25. The van der Waals surface area contributed by atoms with E-state index in [1.807, 2.05) is 36.4 Å². The van der Waals surface area contributed by atoms with E-state index in [2.05, 4.69) is 29.4 Å². The summed E-state index contributed by atoms with van der Waals surface area (Å²) < 4.78 is 13.7. The number of rotatable bonds is 8. The lowest BCUT2D eigenvalue weighted by Gasteiger charge is -2.26.